The van der Waals surface area contributed by atoms with E-state index >= 15 is 0 Å². The van der Waals surface area contributed by atoms with Crippen LogP contribution in [0.5, 0.6) is 11.5 Å². The number of nitrogens with one attached hydrogen (secondary N) is 2. The van der Waals surface area contributed by atoms with E-state index in [1.807, 2.05) is 45.0 Å². The fraction of sp³-hybridized carbons (Fsp3) is 0.200. The van der Waals surface area contributed by atoms with E-state index < -0.39 is 23.6 Å². The van der Waals surface area contributed by atoms with Crippen LogP contribution in [0.2, 0.25) is 0 Å². The van der Waals surface area contributed by atoms with E-state index in [0.717, 1.165) is 27.8 Å². The summed E-state index contributed by atoms with van der Waals surface area (Å²) in [4.78, 5) is 51.3. The number of nitrogens with zero attached hydrogens (tertiary/aromatic N) is 1. The van der Waals surface area contributed by atoms with E-state index in [2.05, 4.69) is 10.6 Å². The normalized spacial score (nSPS) is 13.9. The largest absolute Gasteiger partial charge is 0.490 e. The number of thioether (sulfide) groups is 1. The second kappa shape index (κ2) is 13.0. The van der Waals surface area contributed by atoms with Gasteiger partial charge in [0.2, 0.25) is 5.91 Å². The molecule has 3 aromatic rings. The Balaban J connectivity index is 1.40. The van der Waals surface area contributed by atoms with E-state index in [1.165, 1.54) is 0 Å². The quantitative estimate of drug-likeness (QED) is 0.320. The molecule has 206 valence electrons. The first-order chi connectivity index (χ1) is 19.2. The number of aryl methyl sites for hydroxylation is 2. The smallest absolute Gasteiger partial charge is 0.294 e. The highest BCUT2D eigenvalue weighted by molar-refractivity contribution is 8.18. The predicted octanol–water partition coefficient (Wildman–Crippen LogP) is 5.39. The van der Waals surface area contributed by atoms with Crippen LogP contribution in [-0.4, -0.2) is 47.6 Å². The zero-order valence-electron chi connectivity index (χ0n) is 22.4. The number of anilines is 2. The molecule has 0 atom stereocenters. The van der Waals surface area contributed by atoms with Crippen molar-refractivity contribution in [3.8, 4) is 11.5 Å². The fourth-order valence-electron chi connectivity index (χ4n) is 3.94. The minimum absolute atomic E-state index is 0.182. The molecule has 0 aliphatic carbocycles. The molecule has 1 aliphatic heterocycles. The molecule has 0 aromatic heterocycles. The molecule has 0 bridgehead atoms. The van der Waals surface area contributed by atoms with Crippen molar-refractivity contribution in [1.29, 1.82) is 0 Å². The van der Waals surface area contributed by atoms with Gasteiger partial charge in [0, 0.05) is 11.4 Å². The van der Waals surface area contributed by atoms with Crippen LogP contribution >= 0.6 is 11.8 Å². The van der Waals surface area contributed by atoms with Crippen molar-refractivity contribution in [3.63, 3.8) is 0 Å². The SMILES string of the molecule is CCOc1cc(/C=C2\SC(=O)N(CC(=O)Nc3ccccc3)C2=O)ccc1OCC(=O)Nc1ccc(C)cc1C. The van der Waals surface area contributed by atoms with Gasteiger partial charge < -0.3 is 20.1 Å². The number of ether oxygens (including phenoxy) is 2. The lowest BCUT2D eigenvalue weighted by Crippen LogP contribution is -2.36. The number of amides is 4. The van der Waals surface area contributed by atoms with Gasteiger partial charge in [-0.25, -0.2) is 0 Å². The Morgan fingerprint density at radius 3 is 2.40 bits per heavy atom. The average Bonchev–Trinajstić information content (AvgIpc) is 3.17. The Kier molecular flexibility index (Phi) is 9.23. The maximum absolute atomic E-state index is 12.9. The summed E-state index contributed by atoms with van der Waals surface area (Å²) in [5.74, 6) is -0.600. The first-order valence-corrected chi connectivity index (χ1v) is 13.4. The zero-order valence-corrected chi connectivity index (χ0v) is 23.2. The minimum Gasteiger partial charge on any atom is -0.490 e. The topological polar surface area (TPSA) is 114 Å². The van der Waals surface area contributed by atoms with Crippen molar-refractivity contribution in [2.45, 2.75) is 20.8 Å². The van der Waals surface area contributed by atoms with Gasteiger partial charge in [-0.05, 0) is 80.1 Å². The average molecular weight is 560 g/mol. The molecule has 0 spiro atoms. The van der Waals surface area contributed by atoms with Gasteiger partial charge in [0.15, 0.2) is 18.1 Å². The highest BCUT2D eigenvalue weighted by atomic mass is 32.2. The van der Waals surface area contributed by atoms with Crippen molar-refractivity contribution >= 4 is 52.2 Å². The highest BCUT2D eigenvalue weighted by Crippen LogP contribution is 2.34. The van der Waals surface area contributed by atoms with Crippen LogP contribution in [-0.2, 0) is 14.4 Å². The summed E-state index contributed by atoms with van der Waals surface area (Å²) in [5.41, 5.74) is 3.94. The van der Waals surface area contributed by atoms with E-state index in [4.69, 9.17) is 9.47 Å². The van der Waals surface area contributed by atoms with Gasteiger partial charge >= 0.3 is 0 Å². The molecule has 1 heterocycles. The summed E-state index contributed by atoms with van der Waals surface area (Å²) in [7, 11) is 0. The molecule has 1 aliphatic rings. The lowest BCUT2D eigenvalue weighted by Gasteiger charge is -2.14. The maximum Gasteiger partial charge on any atom is 0.294 e. The third-order valence-corrected chi connectivity index (χ3v) is 6.72. The number of imide groups is 1. The standard InChI is InChI=1S/C30H29N3O6S/c1-4-38-25-15-21(11-13-24(25)39-18-28(35)32-23-12-10-19(2)14-20(23)3)16-26-29(36)33(30(37)40-26)17-27(34)31-22-8-6-5-7-9-22/h5-16H,4,17-18H2,1-3H3,(H,31,34)(H,32,35)/b26-16-. The molecule has 4 amide bonds. The van der Waals surface area contributed by atoms with Crippen LogP contribution in [0.1, 0.15) is 23.6 Å². The Morgan fingerprint density at radius 1 is 0.900 bits per heavy atom. The predicted molar refractivity (Wildman–Crippen MR) is 155 cm³/mol. The van der Waals surface area contributed by atoms with Gasteiger partial charge in [0.1, 0.15) is 6.54 Å². The monoisotopic (exact) mass is 559 g/mol. The molecule has 1 fully saturated rings. The van der Waals surface area contributed by atoms with Gasteiger partial charge in [-0.15, -0.1) is 0 Å². The summed E-state index contributed by atoms with van der Waals surface area (Å²) >= 11 is 0.759. The van der Waals surface area contributed by atoms with Gasteiger partial charge in [0.05, 0.1) is 11.5 Å². The Labute approximate surface area is 236 Å². The molecule has 0 unspecified atom stereocenters. The number of rotatable bonds is 10. The van der Waals surface area contributed by atoms with E-state index in [0.29, 0.717) is 35.0 Å². The van der Waals surface area contributed by atoms with E-state index in [9.17, 15) is 19.2 Å². The highest BCUT2D eigenvalue weighted by Gasteiger charge is 2.36. The molecular formula is C30H29N3O6S. The second-order valence-electron chi connectivity index (χ2n) is 8.98. The summed E-state index contributed by atoms with van der Waals surface area (Å²) < 4.78 is 11.4. The molecule has 3 aromatic carbocycles. The lowest BCUT2D eigenvalue weighted by molar-refractivity contribution is -0.127. The second-order valence-corrected chi connectivity index (χ2v) is 9.97. The zero-order chi connectivity index (χ0) is 28.6. The number of benzene rings is 3. The first kappa shape index (κ1) is 28.4. The van der Waals surface area contributed by atoms with Crippen molar-refractivity contribution in [2.75, 3.05) is 30.4 Å². The molecule has 0 radical (unpaired) electrons. The molecule has 40 heavy (non-hydrogen) atoms. The number of hydrogen-bond acceptors (Lipinski definition) is 7. The molecular weight excluding hydrogens is 530 g/mol. The minimum atomic E-state index is -0.556. The van der Waals surface area contributed by atoms with Crippen LogP contribution in [0.15, 0.2) is 71.6 Å². The number of carbonyl (C=O) groups excluding carboxylic acids is 4. The van der Waals surface area contributed by atoms with Crippen LogP contribution in [0.4, 0.5) is 16.2 Å². The van der Waals surface area contributed by atoms with Gasteiger partial charge in [-0.1, -0.05) is 42.0 Å². The van der Waals surface area contributed by atoms with Gasteiger partial charge in [-0.3, -0.25) is 24.1 Å². The summed E-state index contributed by atoms with van der Waals surface area (Å²) in [6, 6.07) is 19.5. The molecule has 0 saturated carbocycles. The third kappa shape index (κ3) is 7.29. The van der Waals surface area contributed by atoms with Crippen molar-refractivity contribution < 1.29 is 28.7 Å². The lowest BCUT2D eigenvalue weighted by atomic mass is 10.1. The Bertz CT molecular complexity index is 1470. The summed E-state index contributed by atoms with van der Waals surface area (Å²) in [5, 5.41) is 4.98. The number of hydrogen-bond donors (Lipinski definition) is 2. The van der Waals surface area contributed by atoms with E-state index in [1.54, 1.807) is 48.5 Å². The van der Waals surface area contributed by atoms with Gasteiger partial charge in [0.25, 0.3) is 17.1 Å². The Hall–Kier alpha value is -4.57. The van der Waals surface area contributed by atoms with Crippen molar-refractivity contribution in [3.05, 3.63) is 88.3 Å². The number of para-hydroxylation sites is 1. The fourth-order valence-corrected chi connectivity index (χ4v) is 4.78. The van der Waals surface area contributed by atoms with Crippen LogP contribution in [0.3, 0.4) is 0 Å². The molecule has 2 N–H and O–H groups in total. The summed E-state index contributed by atoms with van der Waals surface area (Å²) in [6.07, 6.45) is 1.55. The maximum atomic E-state index is 12.9. The number of carbonyl (C=O) groups is 4. The molecule has 1 saturated heterocycles. The van der Waals surface area contributed by atoms with E-state index in [-0.39, 0.29) is 17.4 Å². The first-order valence-electron chi connectivity index (χ1n) is 12.6. The van der Waals surface area contributed by atoms with Crippen LogP contribution < -0.4 is 20.1 Å². The van der Waals surface area contributed by atoms with Crippen LogP contribution in [0, 0.1) is 13.8 Å². The van der Waals surface area contributed by atoms with Gasteiger partial charge in [-0.2, -0.15) is 0 Å². The molecule has 4 rings (SSSR count). The van der Waals surface area contributed by atoms with Crippen LogP contribution in [0.25, 0.3) is 6.08 Å². The third-order valence-electron chi connectivity index (χ3n) is 5.81. The Morgan fingerprint density at radius 2 is 1.68 bits per heavy atom. The van der Waals surface area contributed by atoms with Crippen molar-refractivity contribution in [2.24, 2.45) is 0 Å². The molecule has 10 heteroatoms. The van der Waals surface area contributed by atoms with Crippen molar-refractivity contribution in [1.82, 2.24) is 4.90 Å². The molecule has 9 nitrogen and oxygen atoms in total. The summed E-state index contributed by atoms with van der Waals surface area (Å²) in [6.45, 7) is 5.45.